The lowest BCUT2D eigenvalue weighted by Crippen LogP contribution is -2.47. The van der Waals surface area contributed by atoms with Gasteiger partial charge in [0.15, 0.2) is 0 Å². The molecule has 3 N–H and O–H groups in total. The second kappa shape index (κ2) is 8.29. The van der Waals surface area contributed by atoms with Crippen LogP contribution in [0.15, 0.2) is 77.7 Å². The maximum Gasteiger partial charge on any atom is 0.406 e. The van der Waals surface area contributed by atoms with Crippen LogP contribution in [0.1, 0.15) is 17.3 Å². The largest absolute Gasteiger partial charge is 0.508 e. The number of ether oxygens (including phenoxy) is 1. The van der Waals surface area contributed by atoms with Crippen LogP contribution >= 0.6 is 0 Å². The molecule has 3 aromatic rings. The smallest absolute Gasteiger partial charge is 0.406 e. The molecular weight excluding hydrogens is 420 g/mol. The average Bonchev–Trinajstić information content (AvgIpc) is 2.75. The molecule has 1 amide bonds. The van der Waals surface area contributed by atoms with Gasteiger partial charge < -0.3 is 20.3 Å². The van der Waals surface area contributed by atoms with Gasteiger partial charge in [-0.05, 0) is 66.1 Å². The standard InChI is InChI=1S/C22H20N2O6S/c25-16-5-7-17(8-6-16)30-18-9-11-19(12-10-18)31(28,29)24-14-13-15-3-1-2-4-20(15)21(24)23-22(26)27/h1-12,21,23,25H,13-14H2,(H,26,27). The van der Waals surface area contributed by atoms with Gasteiger partial charge in [-0.15, -0.1) is 0 Å². The fourth-order valence-electron chi connectivity index (χ4n) is 3.53. The molecule has 1 aliphatic rings. The van der Waals surface area contributed by atoms with E-state index in [1.807, 2.05) is 12.1 Å². The van der Waals surface area contributed by atoms with E-state index in [0.29, 0.717) is 23.5 Å². The Bertz CT molecular complexity index is 1190. The molecule has 0 radical (unpaired) electrons. The summed E-state index contributed by atoms with van der Waals surface area (Å²) in [5, 5.41) is 20.9. The van der Waals surface area contributed by atoms with Crippen molar-refractivity contribution in [2.75, 3.05) is 6.54 Å². The van der Waals surface area contributed by atoms with Gasteiger partial charge in [0.2, 0.25) is 10.0 Å². The molecule has 160 valence electrons. The molecule has 0 aromatic heterocycles. The minimum absolute atomic E-state index is 0.0297. The summed E-state index contributed by atoms with van der Waals surface area (Å²) in [4.78, 5) is 11.4. The fraction of sp³-hybridized carbons (Fsp3) is 0.136. The number of rotatable bonds is 5. The van der Waals surface area contributed by atoms with E-state index in [0.717, 1.165) is 5.56 Å². The molecule has 0 bridgehead atoms. The van der Waals surface area contributed by atoms with Gasteiger partial charge in [-0.25, -0.2) is 13.2 Å². The fourth-order valence-corrected chi connectivity index (χ4v) is 5.06. The van der Waals surface area contributed by atoms with Crippen molar-refractivity contribution in [3.8, 4) is 17.2 Å². The van der Waals surface area contributed by atoms with Crippen LogP contribution in [0.2, 0.25) is 0 Å². The number of nitrogens with one attached hydrogen (secondary N) is 1. The van der Waals surface area contributed by atoms with E-state index in [4.69, 9.17) is 4.74 Å². The molecule has 1 heterocycles. The van der Waals surface area contributed by atoms with Crippen molar-refractivity contribution in [3.05, 3.63) is 83.9 Å². The normalized spacial score (nSPS) is 16.3. The Balaban J connectivity index is 1.61. The summed E-state index contributed by atoms with van der Waals surface area (Å²) in [6, 6.07) is 19.2. The summed E-state index contributed by atoms with van der Waals surface area (Å²) in [6.45, 7) is 0.149. The van der Waals surface area contributed by atoms with Crippen LogP contribution in [0.5, 0.6) is 17.2 Å². The molecule has 4 rings (SSSR count). The summed E-state index contributed by atoms with van der Waals surface area (Å²) in [5.74, 6) is 1.03. The van der Waals surface area contributed by atoms with Crippen molar-refractivity contribution < 1.29 is 28.2 Å². The second-order valence-electron chi connectivity index (χ2n) is 6.98. The third-order valence-corrected chi connectivity index (χ3v) is 6.88. The van der Waals surface area contributed by atoms with E-state index in [-0.39, 0.29) is 17.2 Å². The van der Waals surface area contributed by atoms with Gasteiger partial charge in [-0.1, -0.05) is 24.3 Å². The molecule has 8 nitrogen and oxygen atoms in total. The summed E-state index contributed by atoms with van der Waals surface area (Å²) in [7, 11) is -3.98. The third kappa shape index (κ3) is 4.32. The molecular formula is C22H20N2O6S. The second-order valence-corrected chi connectivity index (χ2v) is 8.87. The maximum atomic E-state index is 13.3. The average molecular weight is 440 g/mol. The Morgan fingerprint density at radius 2 is 1.58 bits per heavy atom. The third-order valence-electron chi connectivity index (χ3n) is 5.00. The quantitative estimate of drug-likeness (QED) is 0.557. The lowest BCUT2D eigenvalue weighted by atomic mass is 9.98. The van der Waals surface area contributed by atoms with Crippen molar-refractivity contribution in [2.45, 2.75) is 17.5 Å². The van der Waals surface area contributed by atoms with Crippen LogP contribution in [0.4, 0.5) is 4.79 Å². The summed E-state index contributed by atoms with van der Waals surface area (Å²) < 4.78 is 33.5. The number of phenols is 1. The highest BCUT2D eigenvalue weighted by atomic mass is 32.2. The van der Waals surface area contributed by atoms with Gasteiger partial charge in [-0.3, -0.25) is 0 Å². The van der Waals surface area contributed by atoms with Crippen LogP contribution in [0.3, 0.4) is 0 Å². The summed E-state index contributed by atoms with van der Waals surface area (Å²) in [6.07, 6.45) is -1.84. The molecule has 0 saturated heterocycles. The molecule has 0 saturated carbocycles. The first-order chi connectivity index (χ1) is 14.8. The number of phenolic OH excluding ortho intramolecular Hbond substituents is 1. The predicted molar refractivity (Wildman–Crippen MR) is 113 cm³/mol. The topological polar surface area (TPSA) is 116 Å². The van der Waals surface area contributed by atoms with E-state index < -0.39 is 22.3 Å². The van der Waals surface area contributed by atoms with E-state index in [1.165, 1.54) is 40.7 Å². The first-order valence-corrected chi connectivity index (χ1v) is 10.9. The van der Waals surface area contributed by atoms with Crippen LogP contribution in [0, 0.1) is 0 Å². The van der Waals surface area contributed by atoms with Crippen LogP contribution in [-0.4, -0.2) is 35.6 Å². The lowest BCUT2D eigenvalue weighted by molar-refractivity contribution is 0.173. The van der Waals surface area contributed by atoms with E-state index in [2.05, 4.69) is 5.32 Å². The predicted octanol–water partition coefficient (Wildman–Crippen LogP) is 3.70. The van der Waals surface area contributed by atoms with Crippen molar-refractivity contribution in [1.29, 1.82) is 0 Å². The maximum absolute atomic E-state index is 13.3. The molecule has 0 spiro atoms. The molecule has 1 aliphatic heterocycles. The molecule has 0 aliphatic carbocycles. The van der Waals surface area contributed by atoms with Gasteiger partial charge in [0.25, 0.3) is 0 Å². The first kappa shape index (κ1) is 20.7. The highest BCUT2D eigenvalue weighted by Gasteiger charge is 2.37. The van der Waals surface area contributed by atoms with Gasteiger partial charge in [0.05, 0.1) is 4.90 Å². The molecule has 31 heavy (non-hydrogen) atoms. The van der Waals surface area contributed by atoms with E-state index in [1.54, 1.807) is 24.3 Å². The highest BCUT2D eigenvalue weighted by molar-refractivity contribution is 7.89. The number of benzene rings is 3. The number of fused-ring (bicyclic) bond motifs is 1. The molecule has 0 fully saturated rings. The number of sulfonamides is 1. The minimum Gasteiger partial charge on any atom is -0.508 e. The molecule has 1 unspecified atom stereocenters. The zero-order chi connectivity index (χ0) is 22.0. The SMILES string of the molecule is O=C(O)NC1c2ccccc2CCN1S(=O)(=O)c1ccc(Oc2ccc(O)cc2)cc1. The number of carboxylic acid groups (broad SMARTS) is 1. The zero-order valence-electron chi connectivity index (χ0n) is 16.3. The number of carbonyl (C=O) groups is 1. The van der Waals surface area contributed by atoms with Crippen LogP contribution in [-0.2, 0) is 16.4 Å². The van der Waals surface area contributed by atoms with E-state index >= 15 is 0 Å². The van der Waals surface area contributed by atoms with E-state index in [9.17, 15) is 23.4 Å². The van der Waals surface area contributed by atoms with Crippen LogP contribution in [0.25, 0.3) is 0 Å². The Kier molecular flexibility index (Phi) is 5.53. The Morgan fingerprint density at radius 3 is 2.23 bits per heavy atom. The van der Waals surface area contributed by atoms with Crippen molar-refractivity contribution >= 4 is 16.1 Å². The summed E-state index contributed by atoms with van der Waals surface area (Å²) in [5.41, 5.74) is 1.53. The van der Waals surface area contributed by atoms with Gasteiger partial charge >= 0.3 is 6.09 Å². The van der Waals surface area contributed by atoms with Gasteiger partial charge in [0.1, 0.15) is 23.4 Å². The molecule has 9 heteroatoms. The number of hydrogen-bond donors (Lipinski definition) is 3. The Labute approximate surface area is 179 Å². The lowest BCUT2D eigenvalue weighted by Gasteiger charge is -2.36. The van der Waals surface area contributed by atoms with Crippen LogP contribution < -0.4 is 10.1 Å². The van der Waals surface area contributed by atoms with Crippen molar-refractivity contribution in [1.82, 2.24) is 9.62 Å². The number of nitrogens with zero attached hydrogens (tertiary/aromatic N) is 1. The highest BCUT2D eigenvalue weighted by Crippen LogP contribution is 2.33. The first-order valence-electron chi connectivity index (χ1n) is 9.51. The molecule has 1 atom stereocenters. The number of aromatic hydroxyl groups is 1. The minimum atomic E-state index is -3.98. The van der Waals surface area contributed by atoms with Gasteiger partial charge in [-0.2, -0.15) is 4.31 Å². The molecule has 3 aromatic carbocycles. The van der Waals surface area contributed by atoms with Crippen molar-refractivity contribution in [3.63, 3.8) is 0 Å². The van der Waals surface area contributed by atoms with Gasteiger partial charge in [0, 0.05) is 6.54 Å². The summed E-state index contributed by atoms with van der Waals surface area (Å²) >= 11 is 0. The Morgan fingerprint density at radius 1 is 0.968 bits per heavy atom. The number of amides is 1. The van der Waals surface area contributed by atoms with Crippen molar-refractivity contribution in [2.24, 2.45) is 0 Å². The monoisotopic (exact) mass is 440 g/mol. The zero-order valence-corrected chi connectivity index (χ0v) is 17.1. The number of hydrogen-bond acceptors (Lipinski definition) is 5. The Hall–Kier alpha value is -3.56.